The van der Waals surface area contributed by atoms with E-state index in [4.69, 9.17) is 30.5 Å². The molecule has 16 heteroatoms. The number of unbranched alkanes of at least 4 members (excludes halogenated alkanes) is 3. The number of aryl methyl sites for hydroxylation is 2. The highest BCUT2D eigenvalue weighted by Crippen LogP contribution is 2.44. The zero-order valence-corrected chi connectivity index (χ0v) is 45.1. The van der Waals surface area contributed by atoms with Crippen LogP contribution in [0.3, 0.4) is 0 Å². The van der Waals surface area contributed by atoms with Crippen LogP contribution in [0.5, 0.6) is 5.75 Å². The van der Waals surface area contributed by atoms with Gasteiger partial charge in [-0.05, 0) is 148 Å². The molecule has 4 amide bonds. The number of nitrogens with zero attached hydrogens (tertiary/aromatic N) is 2. The van der Waals surface area contributed by atoms with Gasteiger partial charge in [-0.3, -0.25) is 19.2 Å². The van der Waals surface area contributed by atoms with E-state index < -0.39 is 29.8 Å². The SMILES string of the molecule is C=CCOC(=O)N[C@@H](CCCCNC(=O)OC(C)(C)C)C(=O)Cc1ccc(COC(=O)Cc2cc(OCCCCCC(=O)N3C[C@@H](CCl)c4c3cc(CC)c3ccccc43)c(C)cc2C(=O)N2CCC[C@H]2CO)cc1. The smallest absolute Gasteiger partial charge is 0.408 e. The third-order valence-electron chi connectivity index (χ3n) is 13.6. The summed E-state index contributed by atoms with van der Waals surface area (Å²) in [6, 6.07) is 19.9. The van der Waals surface area contributed by atoms with Gasteiger partial charge < -0.3 is 44.5 Å². The first-order valence-corrected chi connectivity index (χ1v) is 26.9. The monoisotopic (exact) mass is 1050 g/mol. The number of carbonyl (C=O) groups excluding carboxylic acids is 6. The summed E-state index contributed by atoms with van der Waals surface area (Å²) in [5, 5.41) is 17.8. The standard InChI is InChI=1S/C59H75ClN4O11/c1-7-28-73-58(71)62-49(20-13-14-26-61-57(70)75-59(4,5)6)51(66)31-40-22-24-41(25-23-40)38-74-54(68)34-43-33-52(39(3)30-48(43)56(69)63-27-16-17-45(63)37-65)72-29-15-9-10-21-53(67)64-36-44(35-60)55-47-19-12-11-18-46(47)42(8-2)32-50(55)64/h7,11-12,18-19,22-25,30,32-33,44-45,49,65H,1,8-10,13-17,20-21,26-29,31,34-38H2,2-6H3,(H,61,70)(H,62,71)/t44-,45+,49+/m1/s1. The van der Waals surface area contributed by atoms with E-state index in [9.17, 15) is 33.9 Å². The number of halogens is 1. The van der Waals surface area contributed by atoms with E-state index in [-0.39, 0.29) is 62.2 Å². The van der Waals surface area contributed by atoms with Crippen LogP contribution in [0.25, 0.3) is 10.8 Å². The highest BCUT2D eigenvalue weighted by Gasteiger charge is 2.34. The van der Waals surface area contributed by atoms with E-state index in [1.165, 1.54) is 22.4 Å². The van der Waals surface area contributed by atoms with E-state index in [0.717, 1.165) is 36.1 Å². The highest BCUT2D eigenvalue weighted by atomic mass is 35.5. The molecule has 1 fully saturated rings. The summed E-state index contributed by atoms with van der Waals surface area (Å²) in [5.74, 6) is 0.0763. The molecule has 2 aliphatic heterocycles. The van der Waals surface area contributed by atoms with Crippen molar-refractivity contribution in [3.05, 3.63) is 118 Å². The van der Waals surface area contributed by atoms with Crippen molar-refractivity contribution in [3.8, 4) is 5.75 Å². The number of alkyl carbamates (subject to hydrolysis) is 2. The molecule has 0 bridgehead atoms. The Morgan fingerprint density at radius 2 is 1.64 bits per heavy atom. The molecule has 75 heavy (non-hydrogen) atoms. The van der Waals surface area contributed by atoms with Gasteiger partial charge in [0.1, 0.15) is 24.6 Å². The first kappa shape index (κ1) is 57.8. The molecule has 4 aromatic rings. The molecule has 0 spiro atoms. The topological polar surface area (TPSA) is 190 Å². The number of Topliss-reactive ketones (excluding diaryl/α,β-unsaturated/α-hetero) is 1. The fourth-order valence-corrected chi connectivity index (χ4v) is 10.0. The second-order valence-electron chi connectivity index (χ2n) is 20.4. The zero-order chi connectivity index (χ0) is 54.1. The zero-order valence-electron chi connectivity index (χ0n) is 44.3. The molecule has 4 aromatic carbocycles. The van der Waals surface area contributed by atoms with Crippen molar-refractivity contribution in [2.24, 2.45) is 0 Å². The lowest BCUT2D eigenvalue weighted by Crippen LogP contribution is -2.42. The molecule has 404 valence electrons. The van der Waals surface area contributed by atoms with Gasteiger partial charge in [-0.15, -0.1) is 11.6 Å². The minimum Gasteiger partial charge on any atom is -0.493 e. The maximum atomic E-state index is 14.0. The molecule has 0 aliphatic carbocycles. The molecule has 0 radical (unpaired) electrons. The third kappa shape index (κ3) is 16.3. The lowest BCUT2D eigenvalue weighted by atomic mass is 9.92. The molecule has 0 aromatic heterocycles. The van der Waals surface area contributed by atoms with Gasteiger partial charge in [-0.1, -0.05) is 68.1 Å². The Balaban J connectivity index is 1.02. The van der Waals surface area contributed by atoms with Crippen LogP contribution in [0.15, 0.2) is 79.4 Å². The minimum absolute atomic E-state index is 0.0141. The Hall–Kier alpha value is -6.45. The predicted molar refractivity (Wildman–Crippen MR) is 291 cm³/mol. The van der Waals surface area contributed by atoms with Crippen LogP contribution >= 0.6 is 11.6 Å². The molecule has 3 N–H and O–H groups in total. The lowest BCUT2D eigenvalue weighted by molar-refractivity contribution is -0.144. The maximum absolute atomic E-state index is 14.0. The highest BCUT2D eigenvalue weighted by molar-refractivity contribution is 6.19. The fourth-order valence-electron chi connectivity index (χ4n) is 9.78. The van der Waals surface area contributed by atoms with Crippen molar-refractivity contribution in [3.63, 3.8) is 0 Å². The third-order valence-corrected chi connectivity index (χ3v) is 14.0. The van der Waals surface area contributed by atoms with Gasteiger partial charge in [0.2, 0.25) is 5.91 Å². The van der Waals surface area contributed by atoms with Crippen LogP contribution in [-0.2, 0) is 54.5 Å². The number of carbonyl (C=O) groups is 6. The fraction of sp³-hybridized carbons (Fsp3) is 0.492. The van der Waals surface area contributed by atoms with Gasteiger partial charge in [0, 0.05) is 55.5 Å². The lowest BCUT2D eigenvalue weighted by Gasteiger charge is -2.25. The molecule has 2 aliphatic rings. The van der Waals surface area contributed by atoms with Crippen LogP contribution in [0, 0.1) is 6.92 Å². The molecule has 3 atom stereocenters. The number of rotatable bonds is 26. The van der Waals surface area contributed by atoms with Crippen LogP contribution < -0.4 is 20.3 Å². The van der Waals surface area contributed by atoms with Crippen molar-refractivity contribution in [2.75, 3.05) is 50.2 Å². The number of benzene rings is 4. The van der Waals surface area contributed by atoms with Crippen molar-refractivity contribution in [1.82, 2.24) is 15.5 Å². The predicted octanol–water partition coefficient (Wildman–Crippen LogP) is 9.99. The normalized spacial score (nSPS) is 15.5. The summed E-state index contributed by atoms with van der Waals surface area (Å²) >= 11 is 6.48. The van der Waals surface area contributed by atoms with Gasteiger partial charge in [0.15, 0.2) is 5.78 Å². The number of nitrogens with one attached hydrogen (secondary N) is 2. The van der Waals surface area contributed by atoms with Gasteiger partial charge in [0.25, 0.3) is 5.91 Å². The Labute approximate surface area is 446 Å². The number of ether oxygens (including phenoxy) is 4. The summed E-state index contributed by atoms with van der Waals surface area (Å²) in [5.41, 5.74) is 5.61. The second-order valence-corrected chi connectivity index (χ2v) is 20.7. The number of esters is 1. The number of hydrogen-bond acceptors (Lipinski definition) is 11. The minimum atomic E-state index is -0.836. The quantitative estimate of drug-likeness (QED) is 0.0178. The van der Waals surface area contributed by atoms with E-state index >= 15 is 0 Å². The number of ketones is 1. The number of fused-ring (bicyclic) bond motifs is 3. The first-order valence-electron chi connectivity index (χ1n) is 26.4. The van der Waals surface area contributed by atoms with Crippen LogP contribution in [-0.4, -0.2) is 109 Å². The van der Waals surface area contributed by atoms with Gasteiger partial charge >= 0.3 is 18.2 Å². The molecule has 6 rings (SSSR count). The Bertz CT molecular complexity index is 2650. The van der Waals surface area contributed by atoms with Crippen molar-refractivity contribution < 1.29 is 52.8 Å². The molecular formula is C59H75ClN4O11. The largest absolute Gasteiger partial charge is 0.493 e. The van der Waals surface area contributed by atoms with Crippen LogP contribution in [0.4, 0.5) is 15.3 Å². The number of hydrogen-bond donors (Lipinski definition) is 3. The van der Waals surface area contributed by atoms with E-state index in [2.05, 4.69) is 48.4 Å². The maximum Gasteiger partial charge on any atom is 0.408 e. The van der Waals surface area contributed by atoms with E-state index in [1.54, 1.807) is 62.1 Å². The van der Waals surface area contributed by atoms with Crippen molar-refractivity contribution >= 4 is 63.8 Å². The van der Waals surface area contributed by atoms with E-state index in [1.807, 2.05) is 17.9 Å². The average Bonchev–Trinajstić information content (AvgIpc) is 4.03. The number of anilines is 1. The molecular weight excluding hydrogens is 976 g/mol. The van der Waals surface area contributed by atoms with Gasteiger partial charge in [-0.2, -0.15) is 0 Å². The van der Waals surface area contributed by atoms with Crippen LogP contribution in [0.2, 0.25) is 0 Å². The summed E-state index contributed by atoms with van der Waals surface area (Å²) in [6.07, 6.45) is 6.23. The summed E-state index contributed by atoms with van der Waals surface area (Å²) < 4.78 is 22.4. The summed E-state index contributed by atoms with van der Waals surface area (Å²) in [6.45, 7) is 14.4. The Morgan fingerprint density at radius 3 is 2.35 bits per heavy atom. The number of aliphatic hydroxyl groups is 1. The number of alkyl halides is 1. The second kappa shape index (κ2) is 27.9. The van der Waals surface area contributed by atoms with Crippen molar-refractivity contribution in [2.45, 2.75) is 142 Å². The summed E-state index contributed by atoms with van der Waals surface area (Å²) in [7, 11) is 0. The number of likely N-dealkylation sites (tertiary alicyclic amines) is 1. The van der Waals surface area contributed by atoms with Gasteiger partial charge in [-0.25, -0.2) is 9.59 Å². The van der Waals surface area contributed by atoms with Crippen LogP contribution in [0.1, 0.15) is 135 Å². The molecule has 0 saturated carbocycles. The molecule has 15 nitrogen and oxygen atoms in total. The molecule has 1 saturated heterocycles. The van der Waals surface area contributed by atoms with E-state index in [0.29, 0.717) is 105 Å². The van der Waals surface area contributed by atoms with Gasteiger partial charge in [0.05, 0.1) is 31.7 Å². The first-order chi connectivity index (χ1) is 36.0. The summed E-state index contributed by atoms with van der Waals surface area (Å²) in [4.78, 5) is 82.8. The van der Waals surface area contributed by atoms with Crippen molar-refractivity contribution in [1.29, 1.82) is 0 Å². The molecule has 0 unspecified atom stereocenters. The number of aliphatic hydroxyl groups excluding tert-OH is 1. The Morgan fingerprint density at radius 1 is 0.893 bits per heavy atom. The number of amides is 4. The molecule has 2 heterocycles. The Kier molecular flexibility index (Phi) is 21.5. The average molecular weight is 1050 g/mol.